The molecule has 2 N–H and O–H groups in total. The van der Waals surface area contributed by atoms with Crippen LogP contribution in [-0.4, -0.2) is 34.0 Å². The van der Waals surface area contributed by atoms with E-state index in [1.54, 1.807) is 6.20 Å². The van der Waals surface area contributed by atoms with Gasteiger partial charge in [-0.25, -0.2) is 9.78 Å². The van der Waals surface area contributed by atoms with Crippen molar-refractivity contribution < 1.29 is 14.7 Å². The second kappa shape index (κ2) is 6.60. The fraction of sp³-hybridized carbons (Fsp3) is 0.200. The number of aryl methyl sites for hydroxylation is 2. The molecule has 0 spiro atoms. The first-order valence-corrected chi connectivity index (χ1v) is 6.46. The topological polar surface area (TPSA) is 92.2 Å². The van der Waals surface area contributed by atoms with Gasteiger partial charge in [0.25, 0.3) is 5.91 Å². The van der Waals surface area contributed by atoms with Crippen molar-refractivity contribution in [3.8, 4) is 0 Å². The van der Waals surface area contributed by atoms with Gasteiger partial charge in [-0.15, -0.1) is 0 Å². The van der Waals surface area contributed by atoms with Crippen molar-refractivity contribution in [3.63, 3.8) is 0 Å². The van der Waals surface area contributed by atoms with Crippen LogP contribution >= 0.6 is 0 Å². The molecular formula is C15H15N3O3. The van der Waals surface area contributed by atoms with Crippen LogP contribution in [0, 0.1) is 0 Å². The summed E-state index contributed by atoms with van der Waals surface area (Å²) >= 11 is 0. The summed E-state index contributed by atoms with van der Waals surface area (Å²) in [5.41, 5.74) is 1.61. The van der Waals surface area contributed by atoms with Crippen LogP contribution in [0.25, 0.3) is 0 Å². The number of carboxylic acid groups (broad SMARTS) is 1. The highest BCUT2D eigenvalue weighted by molar-refractivity contribution is 5.95. The Kier molecular flexibility index (Phi) is 4.61. The molecule has 2 aromatic heterocycles. The third-order valence-corrected chi connectivity index (χ3v) is 2.95. The molecule has 0 atom stereocenters. The zero-order valence-electron chi connectivity index (χ0n) is 11.5. The zero-order chi connectivity index (χ0) is 15.2. The Balaban J connectivity index is 2.23. The Labute approximate surface area is 121 Å². The fourth-order valence-corrected chi connectivity index (χ4v) is 1.89. The molecule has 0 aliphatic heterocycles. The van der Waals surface area contributed by atoms with Crippen LogP contribution in [-0.2, 0) is 12.8 Å². The molecule has 2 rings (SSSR count). The molecule has 21 heavy (non-hydrogen) atoms. The van der Waals surface area contributed by atoms with E-state index in [4.69, 9.17) is 5.11 Å². The van der Waals surface area contributed by atoms with Crippen LogP contribution < -0.4 is 5.32 Å². The van der Waals surface area contributed by atoms with Crippen LogP contribution in [0.15, 0.2) is 36.5 Å². The normalized spacial score (nSPS) is 10.1. The predicted octanol–water partition coefficient (Wildman–Crippen LogP) is 1.32. The Hall–Kier alpha value is -2.76. The second-order valence-electron chi connectivity index (χ2n) is 4.44. The van der Waals surface area contributed by atoms with E-state index in [0.29, 0.717) is 18.5 Å². The summed E-state index contributed by atoms with van der Waals surface area (Å²) < 4.78 is 0. The Morgan fingerprint density at radius 1 is 1.19 bits per heavy atom. The van der Waals surface area contributed by atoms with Crippen LogP contribution in [0.3, 0.4) is 0 Å². The van der Waals surface area contributed by atoms with Gasteiger partial charge in [-0.1, -0.05) is 6.07 Å². The first-order valence-electron chi connectivity index (χ1n) is 6.46. The first-order chi connectivity index (χ1) is 10.1. The van der Waals surface area contributed by atoms with Gasteiger partial charge in [0.05, 0.1) is 5.56 Å². The van der Waals surface area contributed by atoms with Crippen LogP contribution in [0.1, 0.15) is 32.2 Å². The molecular weight excluding hydrogens is 270 g/mol. The Bertz CT molecular complexity index is 656. The van der Waals surface area contributed by atoms with E-state index in [1.807, 2.05) is 18.2 Å². The molecule has 0 saturated heterocycles. The minimum atomic E-state index is -1.08. The van der Waals surface area contributed by atoms with Crippen molar-refractivity contribution in [1.82, 2.24) is 15.3 Å². The van der Waals surface area contributed by atoms with Crippen molar-refractivity contribution >= 4 is 11.9 Å². The summed E-state index contributed by atoms with van der Waals surface area (Å²) in [5.74, 6) is -1.49. The maximum Gasteiger partial charge on any atom is 0.335 e. The number of carboxylic acids is 1. The molecule has 0 aliphatic carbocycles. The summed E-state index contributed by atoms with van der Waals surface area (Å²) in [7, 11) is 1.48. The first kappa shape index (κ1) is 14.6. The third-order valence-electron chi connectivity index (χ3n) is 2.95. The maximum atomic E-state index is 11.6. The summed E-state index contributed by atoms with van der Waals surface area (Å²) in [6.45, 7) is 0. The van der Waals surface area contributed by atoms with Gasteiger partial charge in [0.2, 0.25) is 0 Å². The van der Waals surface area contributed by atoms with Gasteiger partial charge in [0, 0.05) is 24.6 Å². The molecule has 0 bridgehead atoms. The second-order valence-corrected chi connectivity index (χ2v) is 4.44. The maximum absolute atomic E-state index is 11.6. The van der Waals surface area contributed by atoms with Crippen LogP contribution in [0.5, 0.6) is 0 Å². The quantitative estimate of drug-likeness (QED) is 0.864. The van der Waals surface area contributed by atoms with Gasteiger partial charge in [-0.3, -0.25) is 9.78 Å². The molecule has 2 heterocycles. The number of pyridine rings is 2. The van der Waals surface area contributed by atoms with E-state index >= 15 is 0 Å². The Morgan fingerprint density at radius 2 is 1.95 bits per heavy atom. The molecule has 6 heteroatoms. The van der Waals surface area contributed by atoms with E-state index in [2.05, 4.69) is 15.3 Å². The van der Waals surface area contributed by atoms with Gasteiger partial charge < -0.3 is 10.4 Å². The molecule has 0 aromatic carbocycles. The van der Waals surface area contributed by atoms with Gasteiger partial charge >= 0.3 is 5.97 Å². The number of rotatable bonds is 5. The highest BCUT2D eigenvalue weighted by atomic mass is 16.4. The molecule has 0 saturated carbocycles. The lowest BCUT2D eigenvalue weighted by molar-refractivity contribution is 0.0696. The van der Waals surface area contributed by atoms with E-state index < -0.39 is 11.9 Å². The molecule has 6 nitrogen and oxygen atoms in total. The fourth-order valence-electron chi connectivity index (χ4n) is 1.89. The van der Waals surface area contributed by atoms with Crippen LogP contribution in [0.2, 0.25) is 0 Å². The lowest BCUT2D eigenvalue weighted by atomic mass is 10.1. The molecule has 0 unspecified atom stereocenters. The number of nitrogens with one attached hydrogen (secondary N) is 1. The number of hydrogen-bond donors (Lipinski definition) is 2. The molecule has 0 aliphatic rings. The molecule has 2 aromatic rings. The largest absolute Gasteiger partial charge is 0.478 e. The Morgan fingerprint density at radius 3 is 2.57 bits per heavy atom. The summed E-state index contributed by atoms with van der Waals surface area (Å²) in [6.07, 6.45) is 2.85. The number of aromatic nitrogens is 2. The van der Waals surface area contributed by atoms with E-state index in [9.17, 15) is 9.59 Å². The molecule has 1 amide bonds. The minimum Gasteiger partial charge on any atom is -0.478 e. The molecule has 0 fully saturated rings. The van der Waals surface area contributed by atoms with Crippen LogP contribution in [0.4, 0.5) is 0 Å². The lowest BCUT2D eigenvalue weighted by Crippen LogP contribution is -2.20. The summed E-state index contributed by atoms with van der Waals surface area (Å²) in [5, 5.41) is 11.5. The highest BCUT2D eigenvalue weighted by Crippen LogP contribution is 2.09. The van der Waals surface area contributed by atoms with Crippen molar-refractivity contribution in [2.75, 3.05) is 7.05 Å². The number of nitrogens with zero attached hydrogens (tertiary/aromatic N) is 2. The van der Waals surface area contributed by atoms with Gasteiger partial charge in [-0.05, 0) is 37.1 Å². The smallest absolute Gasteiger partial charge is 0.335 e. The summed E-state index contributed by atoms with van der Waals surface area (Å²) in [4.78, 5) is 31.2. The predicted molar refractivity (Wildman–Crippen MR) is 76.2 cm³/mol. The monoisotopic (exact) mass is 285 g/mol. The van der Waals surface area contributed by atoms with Crippen molar-refractivity contribution in [2.45, 2.75) is 12.8 Å². The number of hydrogen-bond acceptors (Lipinski definition) is 4. The average molecular weight is 285 g/mol. The van der Waals surface area contributed by atoms with Crippen molar-refractivity contribution in [3.05, 3.63) is 59.2 Å². The minimum absolute atomic E-state index is 0.0552. The summed E-state index contributed by atoms with van der Waals surface area (Å²) in [6, 6.07) is 8.36. The SMILES string of the molecule is CNC(=O)c1cc(C(=O)O)cc(CCc2ccccn2)n1. The van der Waals surface area contributed by atoms with E-state index in [-0.39, 0.29) is 11.3 Å². The highest BCUT2D eigenvalue weighted by Gasteiger charge is 2.13. The number of aromatic carboxylic acids is 1. The van der Waals surface area contributed by atoms with Gasteiger partial charge in [0.15, 0.2) is 0 Å². The standard InChI is InChI=1S/C15H15N3O3/c1-16-14(19)13-9-10(15(20)21)8-12(18-13)6-5-11-4-2-3-7-17-11/h2-4,7-9H,5-6H2,1H3,(H,16,19)(H,20,21). The lowest BCUT2D eigenvalue weighted by Gasteiger charge is -2.06. The van der Waals surface area contributed by atoms with E-state index in [1.165, 1.54) is 19.2 Å². The number of carbonyl (C=O) groups is 2. The van der Waals surface area contributed by atoms with E-state index in [0.717, 1.165) is 5.69 Å². The zero-order valence-corrected chi connectivity index (χ0v) is 11.5. The van der Waals surface area contributed by atoms with Crippen molar-refractivity contribution in [2.24, 2.45) is 0 Å². The van der Waals surface area contributed by atoms with Gasteiger partial charge in [-0.2, -0.15) is 0 Å². The van der Waals surface area contributed by atoms with Crippen molar-refractivity contribution in [1.29, 1.82) is 0 Å². The van der Waals surface area contributed by atoms with Gasteiger partial charge in [0.1, 0.15) is 5.69 Å². The molecule has 0 radical (unpaired) electrons. The average Bonchev–Trinajstić information content (AvgIpc) is 2.52. The number of carbonyl (C=O) groups excluding carboxylic acids is 1. The molecule has 108 valence electrons. The third kappa shape index (κ3) is 3.85. The number of amides is 1.